The van der Waals surface area contributed by atoms with Crippen LogP contribution in [0.15, 0.2) is 48.5 Å². The van der Waals surface area contributed by atoms with Crippen LogP contribution in [-0.2, 0) is 0 Å². The van der Waals surface area contributed by atoms with Crippen LogP contribution in [0.3, 0.4) is 0 Å². The average Bonchev–Trinajstić information content (AvgIpc) is 2.49. The molecule has 0 aromatic heterocycles. The predicted molar refractivity (Wildman–Crippen MR) is 80.4 cm³/mol. The summed E-state index contributed by atoms with van der Waals surface area (Å²) in [5.74, 6) is -0.456. The first-order valence-electron chi connectivity index (χ1n) is 7.10. The lowest BCUT2D eigenvalue weighted by molar-refractivity contribution is 0.269. The third-order valence-corrected chi connectivity index (χ3v) is 4.00. The van der Waals surface area contributed by atoms with Gasteiger partial charge < -0.3 is 9.80 Å². The van der Waals surface area contributed by atoms with Crippen molar-refractivity contribution in [2.45, 2.75) is 6.04 Å². The minimum absolute atomic E-state index is 0.148. The highest BCUT2D eigenvalue weighted by Gasteiger charge is 2.26. The zero-order chi connectivity index (χ0) is 14.8. The summed E-state index contributed by atoms with van der Waals surface area (Å²) < 4.78 is 26.2. The molecule has 1 unspecified atom stereocenters. The third kappa shape index (κ3) is 3.05. The van der Waals surface area contributed by atoms with E-state index >= 15 is 0 Å². The fourth-order valence-corrected chi connectivity index (χ4v) is 2.83. The van der Waals surface area contributed by atoms with Crippen LogP contribution in [0.5, 0.6) is 0 Å². The van der Waals surface area contributed by atoms with E-state index in [0.29, 0.717) is 0 Å². The number of benzene rings is 2. The van der Waals surface area contributed by atoms with Gasteiger partial charge in [0.25, 0.3) is 0 Å². The van der Waals surface area contributed by atoms with Gasteiger partial charge in [0.2, 0.25) is 0 Å². The minimum atomic E-state index is -0.230. The van der Waals surface area contributed by atoms with Crippen molar-refractivity contribution in [2.24, 2.45) is 0 Å². The molecule has 4 heteroatoms. The Morgan fingerprint density at radius 3 is 2.05 bits per heavy atom. The van der Waals surface area contributed by atoms with E-state index in [-0.39, 0.29) is 17.7 Å². The first kappa shape index (κ1) is 14.0. The molecule has 0 bridgehead atoms. The highest BCUT2D eigenvalue weighted by Crippen LogP contribution is 2.30. The SMILES string of the molecule is CN1CCN(c2ccc(F)cc2)C(c2ccc(F)cc2)C1. The van der Waals surface area contributed by atoms with Gasteiger partial charge in [-0.2, -0.15) is 0 Å². The standard InChI is InChI=1S/C17H18F2N2/c1-20-10-11-21(16-8-6-15(19)7-9-16)17(12-20)13-2-4-14(18)5-3-13/h2-9,17H,10-12H2,1H3. The van der Waals surface area contributed by atoms with E-state index in [1.807, 2.05) is 12.1 Å². The van der Waals surface area contributed by atoms with Gasteiger partial charge in [-0.15, -0.1) is 0 Å². The minimum Gasteiger partial charge on any atom is -0.362 e. The molecule has 110 valence electrons. The zero-order valence-electron chi connectivity index (χ0n) is 12.0. The first-order chi connectivity index (χ1) is 10.1. The van der Waals surface area contributed by atoms with Gasteiger partial charge in [-0.3, -0.25) is 0 Å². The van der Waals surface area contributed by atoms with Crippen LogP contribution >= 0.6 is 0 Å². The lowest BCUT2D eigenvalue weighted by atomic mass is 10.0. The van der Waals surface area contributed by atoms with E-state index in [4.69, 9.17) is 0 Å². The Labute approximate surface area is 123 Å². The number of hydrogen-bond acceptors (Lipinski definition) is 2. The maximum Gasteiger partial charge on any atom is 0.123 e. The first-order valence-corrected chi connectivity index (χ1v) is 7.10. The molecule has 2 aromatic carbocycles. The second-order valence-electron chi connectivity index (χ2n) is 5.50. The van der Waals surface area contributed by atoms with Crippen LogP contribution in [0.4, 0.5) is 14.5 Å². The quantitative estimate of drug-likeness (QED) is 0.835. The molecule has 1 heterocycles. The number of rotatable bonds is 2. The van der Waals surface area contributed by atoms with Crippen molar-refractivity contribution in [1.82, 2.24) is 4.90 Å². The second-order valence-corrected chi connectivity index (χ2v) is 5.50. The van der Waals surface area contributed by atoms with E-state index in [1.54, 1.807) is 12.1 Å². The second kappa shape index (κ2) is 5.82. The van der Waals surface area contributed by atoms with Gasteiger partial charge >= 0.3 is 0 Å². The average molecular weight is 288 g/mol. The molecular weight excluding hydrogens is 270 g/mol. The van der Waals surface area contributed by atoms with E-state index in [0.717, 1.165) is 30.9 Å². The van der Waals surface area contributed by atoms with Gasteiger partial charge in [0, 0.05) is 25.3 Å². The summed E-state index contributed by atoms with van der Waals surface area (Å²) in [4.78, 5) is 4.51. The van der Waals surface area contributed by atoms with Gasteiger partial charge in [-0.25, -0.2) is 8.78 Å². The summed E-state index contributed by atoms with van der Waals surface area (Å²) >= 11 is 0. The van der Waals surface area contributed by atoms with Crippen molar-refractivity contribution in [3.8, 4) is 0 Å². The molecule has 0 amide bonds. The summed E-state index contributed by atoms with van der Waals surface area (Å²) in [6.45, 7) is 2.68. The molecule has 1 aliphatic rings. The molecule has 0 aliphatic carbocycles. The lowest BCUT2D eigenvalue weighted by Crippen LogP contribution is -2.46. The molecule has 1 fully saturated rings. The maximum atomic E-state index is 13.1. The van der Waals surface area contributed by atoms with Crippen LogP contribution in [0.2, 0.25) is 0 Å². The van der Waals surface area contributed by atoms with Crippen LogP contribution in [0.1, 0.15) is 11.6 Å². The topological polar surface area (TPSA) is 6.48 Å². The Hall–Kier alpha value is -1.94. The molecule has 1 saturated heterocycles. The highest BCUT2D eigenvalue weighted by atomic mass is 19.1. The number of halogens is 2. The van der Waals surface area contributed by atoms with Crippen LogP contribution in [-0.4, -0.2) is 31.6 Å². The van der Waals surface area contributed by atoms with Gasteiger partial charge in [0.15, 0.2) is 0 Å². The Morgan fingerprint density at radius 2 is 1.43 bits per heavy atom. The summed E-state index contributed by atoms with van der Waals surface area (Å²) in [7, 11) is 2.08. The van der Waals surface area contributed by atoms with Crippen molar-refractivity contribution >= 4 is 5.69 Å². The van der Waals surface area contributed by atoms with Crippen LogP contribution < -0.4 is 4.90 Å². The monoisotopic (exact) mass is 288 g/mol. The number of anilines is 1. The molecule has 2 aromatic rings. The third-order valence-electron chi connectivity index (χ3n) is 4.00. The van der Waals surface area contributed by atoms with E-state index in [2.05, 4.69) is 16.8 Å². The van der Waals surface area contributed by atoms with Gasteiger partial charge in [0.05, 0.1) is 6.04 Å². The number of nitrogens with zero attached hydrogens (tertiary/aromatic N) is 2. The van der Waals surface area contributed by atoms with Gasteiger partial charge in [-0.05, 0) is 49.0 Å². The molecule has 0 radical (unpaired) electrons. The highest BCUT2D eigenvalue weighted by molar-refractivity contribution is 5.49. The Balaban J connectivity index is 1.92. The summed E-state index contributed by atoms with van der Waals surface area (Å²) in [5.41, 5.74) is 2.08. The zero-order valence-corrected chi connectivity index (χ0v) is 12.0. The van der Waals surface area contributed by atoms with E-state index in [1.165, 1.54) is 24.3 Å². The largest absolute Gasteiger partial charge is 0.362 e. The molecule has 1 atom stereocenters. The van der Waals surface area contributed by atoms with Crippen molar-refractivity contribution in [1.29, 1.82) is 0 Å². The summed E-state index contributed by atoms with van der Waals surface area (Å²) in [5, 5.41) is 0. The lowest BCUT2D eigenvalue weighted by Gasteiger charge is -2.42. The predicted octanol–water partition coefficient (Wildman–Crippen LogP) is 3.46. The molecule has 2 nitrogen and oxygen atoms in total. The maximum absolute atomic E-state index is 13.1. The molecule has 1 aliphatic heterocycles. The molecule has 0 N–H and O–H groups in total. The van der Waals surface area contributed by atoms with Crippen molar-refractivity contribution in [2.75, 3.05) is 31.6 Å². The van der Waals surface area contributed by atoms with E-state index in [9.17, 15) is 8.78 Å². The smallest absolute Gasteiger partial charge is 0.123 e. The van der Waals surface area contributed by atoms with E-state index < -0.39 is 0 Å². The fourth-order valence-electron chi connectivity index (χ4n) is 2.83. The number of piperazine rings is 1. The van der Waals surface area contributed by atoms with Crippen LogP contribution in [0, 0.1) is 11.6 Å². The normalized spacial score (nSPS) is 19.8. The Kier molecular flexibility index (Phi) is 3.88. The molecule has 21 heavy (non-hydrogen) atoms. The van der Waals surface area contributed by atoms with Crippen molar-refractivity contribution in [3.05, 3.63) is 65.7 Å². The molecule has 0 spiro atoms. The van der Waals surface area contributed by atoms with Crippen LogP contribution in [0.25, 0.3) is 0 Å². The fraction of sp³-hybridized carbons (Fsp3) is 0.294. The molecule has 3 rings (SSSR count). The molecule has 0 saturated carbocycles. The van der Waals surface area contributed by atoms with Crippen molar-refractivity contribution < 1.29 is 8.78 Å². The number of hydrogen-bond donors (Lipinski definition) is 0. The van der Waals surface area contributed by atoms with Gasteiger partial charge in [0.1, 0.15) is 11.6 Å². The van der Waals surface area contributed by atoms with Gasteiger partial charge in [-0.1, -0.05) is 12.1 Å². The Morgan fingerprint density at radius 1 is 0.857 bits per heavy atom. The Bertz CT molecular complexity index is 595. The summed E-state index contributed by atoms with van der Waals surface area (Å²) in [6, 6.07) is 13.4. The summed E-state index contributed by atoms with van der Waals surface area (Å²) in [6.07, 6.45) is 0. The van der Waals surface area contributed by atoms with Crippen molar-refractivity contribution in [3.63, 3.8) is 0 Å². The molecular formula is C17H18F2N2. The number of likely N-dealkylation sites (N-methyl/N-ethyl adjacent to an activating group) is 1.